The molecule has 11 heteroatoms. The van der Waals surface area contributed by atoms with E-state index in [0.717, 1.165) is 54.0 Å². The van der Waals surface area contributed by atoms with E-state index < -0.39 is 6.03 Å². The van der Waals surface area contributed by atoms with Gasteiger partial charge in [0.25, 0.3) is 5.56 Å². The summed E-state index contributed by atoms with van der Waals surface area (Å²) in [7, 11) is 0. The summed E-state index contributed by atoms with van der Waals surface area (Å²) < 4.78 is 7.87. The van der Waals surface area contributed by atoms with Crippen molar-refractivity contribution in [2.75, 3.05) is 49.4 Å². The van der Waals surface area contributed by atoms with Crippen LogP contribution in [0.2, 0.25) is 0 Å². The molecule has 9 nitrogen and oxygen atoms in total. The van der Waals surface area contributed by atoms with Gasteiger partial charge in [-0.3, -0.25) is 14.3 Å². The van der Waals surface area contributed by atoms with E-state index in [4.69, 9.17) is 4.74 Å². The maximum Gasteiger partial charge on any atom is 0.323 e. The van der Waals surface area contributed by atoms with Gasteiger partial charge in [0.2, 0.25) is 0 Å². The first-order valence-corrected chi connectivity index (χ1v) is 18.0. The maximum atomic E-state index is 14.2. The molecule has 1 aliphatic heterocycles. The van der Waals surface area contributed by atoms with Crippen LogP contribution in [0.25, 0.3) is 22.2 Å². The number of piperidine rings is 1. The minimum atomic E-state index is -0.510. The predicted octanol–water partition coefficient (Wildman–Crippen LogP) is 7.52. The third-order valence-electron chi connectivity index (χ3n) is 7.97. The van der Waals surface area contributed by atoms with Gasteiger partial charge in [-0.25, -0.2) is 14.8 Å². The number of hydrogen-bond acceptors (Lipinski definition) is 8. The maximum absolute atomic E-state index is 14.2. The van der Waals surface area contributed by atoms with Gasteiger partial charge in [-0.2, -0.15) is 0 Å². The van der Waals surface area contributed by atoms with E-state index in [-0.39, 0.29) is 11.2 Å². The zero-order chi connectivity index (χ0) is 31.8. The van der Waals surface area contributed by atoms with Crippen LogP contribution in [-0.4, -0.2) is 64.2 Å². The number of benzene rings is 1. The van der Waals surface area contributed by atoms with Crippen LogP contribution in [0, 0.1) is 6.92 Å². The highest BCUT2D eigenvalue weighted by atomic mass is 32.2. The molecule has 0 spiro atoms. The number of amides is 2. The summed E-state index contributed by atoms with van der Waals surface area (Å²) in [6, 6.07) is 13.0. The highest BCUT2D eigenvalue weighted by molar-refractivity contribution is 7.99. The van der Waals surface area contributed by atoms with Crippen molar-refractivity contribution < 1.29 is 9.53 Å². The SMILES string of the molecule is CCCCn1c(=O)c(NC(=O)Nc2c(SC)cc(C)nc2SC)c(-c2cccc(OCCN3CCCCC3)c2)c2cccnc21. The van der Waals surface area contributed by atoms with Gasteiger partial charge >= 0.3 is 6.03 Å². The molecule has 0 radical (unpaired) electrons. The van der Waals surface area contributed by atoms with Gasteiger partial charge in [-0.05, 0) is 87.7 Å². The number of pyridine rings is 3. The molecule has 0 bridgehead atoms. The Balaban J connectivity index is 1.54. The minimum Gasteiger partial charge on any atom is -0.492 e. The molecule has 5 rings (SSSR count). The van der Waals surface area contributed by atoms with Crippen molar-refractivity contribution in [1.29, 1.82) is 0 Å². The number of hydrogen-bond donors (Lipinski definition) is 2. The number of nitrogens with zero attached hydrogens (tertiary/aromatic N) is 4. The van der Waals surface area contributed by atoms with Crippen LogP contribution in [-0.2, 0) is 6.54 Å². The Hall–Kier alpha value is -3.54. The van der Waals surface area contributed by atoms with E-state index in [2.05, 4.69) is 32.4 Å². The van der Waals surface area contributed by atoms with Crippen molar-refractivity contribution in [1.82, 2.24) is 19.4 Å². The fourth-order valence-corrected chi connectivity index (χ4v) is 7.04. The molecule has 1 fully saturated rings. The van der Waals surface area contributed by atoms with E-state index >= 15 is 0 Å². The number of anilines is 2. The van der Waals surface area contributed by atoms with E-state index in [9.17, 15) is 9.59 Å². The van der Waals surface area contributed by atoms with Crippen LogP contribution in [0.4, 0.5) is 16.2 Å². The summed E-state index contributed by atoms with van der Waals surface area (Å²) in [6.45, 7) is 8.20. The number of likely N-dealkylation sites (tertiary alicyclic amines) is 1. The largest absolute Gasteiger partial charge is 0.492 e. The molecule has 4 aromatic rings. The molecule has 0 aliphatic carbocycles. The first-order valence-electron chi connectivity index (χ1n) is 15.6. The van der Waals surface area contributed by atoms with Crippen molar-refractivity contribution in [2.45, 2.75) is 62.4 Å². The number of aromatic nitrogens is 3. The van der Waals surface area contributed by atoms with Crippen molar-refractivity contribution >= 4 is 52.0 Å². The van der Waals surface area contributed by atoms with Crippen molar-refractivity contribution in [2.24, 2.45) is 0 Å². The number of rotatable bonds is 12. The van der Waals surface area contributed by atoms with E-state index in [1.807, 2.05) is 61.9 Å². The van der Waals surface area contributed by atoms with Gasteiger partial charge in [-0.15, -0.1) is 23.5 Å². The molecular weight excluding hydrogens is 605 g/mol. The molecule has 45 heavy (non-hydrogen) atoms. The topological polar surface area (TPSA) is 101 Å². The summed E-state index contributed by atoms with van der Waals surface area (Å²) in [5, 5.41) is 7.44. The van der Waals surface area contributed by atoms with E-state index in [1.54, 1.807) is 10.8 Å². The van der Waals surface area contributed by atoms with Crippen LogP contribution in [0.15, 0.2) is 63.4 Å². The number of nitrogens with one attached hydrogen (secondary N) is 2. The number of carbonyl (C=O) groups is 1. The Kier molecular flexibility index (Phi) is 11.4. The molecule has 0 atom stereocenters. The number of carbonyl (C=O) groups excluding carboxylic acids is 1. The summed E-state index contributed by atoms with van der Waals surface area (Å²) in [4.78, 5) is 40.5. The summed E-state index contributed by atoms with van der Waals surface area (Å²) in [5.41, 5.74) is 3.37. The molecule has 0 saturated carbocycles. The highest BCUT2D eigenvalue weighted by Crippen LogP contribution is 2.36. The molecular formula is C34H42N6O3S2. The lowest BCUT2D eigenvalue weighted by Gasteiger charge is -2.26. The molecule has 0 unspecified atom stereocenters. The van der Waals surface area contributed by atoms with Crippen LogP contribution in [0.5, 0.6) is 5.75 Å². The quantitative estimate of drug-likeness (QED) is 0.153. The van der Waals surface area contributed by atoms with Crippen LogP contribution in [0.3, 0.4) is 0 Å². The second-order valence-electron chi connectivity index (χ2n) is 11.1. The molecule has 2 N–H and O–H groups in total. The lowest BCUT2D eigenvalue weighted by atomic mass is 10.00. The van der Waals surface area contributed by atoms with Crippen LogP contribution >= 0.6 is 23.5 Å². The number of aryl methyl sites for hydroxylation is 2. The molecule has 3 aromatic heterocycles. The zero-order valence-corrected chi connectivity index (χ0v) is 28.2. The average Bonchev–Trinajstić information content (AvgIpc) is 3.06. The lowest BCUT2D eigenvalue weighted by molar-refractivity contribution is 0.183. The van der Waals surface area contributed by atoms with Gasteiger partial charge < -0.3 is 15.4 Å². The summed E-state index contributed by atoms with van der Waals surface area (Å²) >= 11 is 3.00. The Morgan fingerprint density at radius 2 is 1.80 bits per heavy atom. The fourth-order valence-electron chi connectivity index (χ4n) is 5.73. The molecule has 2 amide bonds. The van der Waals surface area contributed by atoms with Gasteiger partial charge in [-0.1, -0.05) is 31.9 Å². The third kappa shape index (κ3) is 7.82. The molecule has 1 saturated heterocycles. The second kappa shape index (κ2) is 15.6. The normalized spacial score (nSPS) is 13.6. The monoisotopic (exact) mass is 646 g/mol. The average molecular weight is 647 g/mol. The Bertz CT molecular complexity index is 1680. The van der Waals surface area contributed by atoms with Crippen LogP contribution in [0.1, 0.15) is 44.7 Å². The molecule has 4 heterocycles. The first kappa shape index (κ1) is 32.8. The van der Waals surface area contributed by atoms with E-state index in [1.165, 1.54) is 42.8 Å². The molecule has 1 aliphatic rings. The zero-order valence-electron chi connectivity index (χ0n) is 26.5. The predicted molar refractivity (Wildman–Crippen MR) is 187 cm³/mol. The smallest absolute Gasteiger partial charge is 0.323 e. The Morgan fingerprint density at radius 3 is 2.56 bits per heavy atom. The number of ether oxygens (including phenoxy) is 1. The third-order valence-corrected chi connectivity index (χ3v) is 9.42. The van der Waals surface area contributed by atoms with Gasteiger partial charge in [0.05, 0.1) is 5.69 Å². The summed E-state index contributed by atoms with van der Waals surface area (Å²) in [5.74, 6) is 0.715. The van der Waals surface area contributed by atoms with Gasteiger partial charge in [0.1, 0.15) is 28.7 Å². The second-order valence-corrected chi connectivity index (χ2v) is 12.8. The number of fused-ring (bicyclic) bond motifs is 1. The Labute approximate surface area is 273 Å². The minimum absolute atomic E-state index is 0.200. The number of urea groups is 1. The van der Waals surface area contributed by atoms with Crippen molar-refractivity contribution in [3.63, 3.8) is 0 Å². The van der Waals surface area contributed by atoms with Crippen LogP contribution < -0.4 is 20.9 Å². The van der Waals surface area contributed by atoms with Crippen molar-refractivity contribution in [3.8, 4) is 16.9 Å². The summed E-state index contributed by atoms with van der Waals surface area (Å²) in [6.07, 6.45) is 11.1. The highest BCUT2D eigenvalue weighted by Gasteiger charge is 2.22. The number of thioether (sulfide) groups is 2. The standard InChI is InChI=1S/C34H42N6O3S2/c1-5-6-18-40-31-26(14-11-15-35-31)28(24-12-10-13-25(22-24)43-20-19-39-16-8-7-9-17-39)30(33(40)41)38-34(42)37-29-27(44-3)21-23(2)36-32(29)45-4/h10-15,21-22H,5-9,16-20H2,1-4H3,(H2,37,38,42). The van der Waals surface area contributed by atoms with Gasteiger partial charge in [0, 0.05) is 40.8 Å². The number of unbranched alkanes of at least 4 members (excludes halogenated alkanes) is 1. The lowest BCUT2D eigenvalue weighted by Crippen LogP contribution is -2.33. The molecule has 238 valence electrons. The van der Waals surface area contributed by atoms with Gasteiger partial charge in [0.15, 0.2) is 0 Å². The fraction of sp³-hybridized carbons (Fsp3) is 0.412. The first-order chi connectivity index (χ1) is 21.9. The van der Waals surface area contributed by atoms with Crippen molar-refractivity contribution in [3.05, 3.63) is 64.7 Å². The van der Waals surface area contributed by atoms with E-state index in [0.29, 0.717) is 40.8 Å². The Morgan fingerprint density at radius 1 is 1.00 bits per heavy atom. The molecule has 1 aromatic carbocycles.